The van der Waals surface area contributed by atoms with Crippen LogP contribution >= 0.6 is 0 Å². The maximum atomic E-state index is 3.77. The van der Waals surface area contributed by atoms with Gasteiger partial charge in [0.25, 0.3) is 0 Å². The van der Waals surface area contributed by atoms with Crippen LogP contribution in [0.5, 0.6) is 0 Å². The van der Waals surface area contributed by atoms with Crippen molar-refractivity contribution in [2.75, 3.05) is 6.54 Å². The summed E-state index contributed by atoms with van der Waals surface area (Å²) in [7, 11) is 0. The zero-order valence-corrected chi connectivity index (χ0v) is 12.0. The Kier molecular flexibility index (Phi) is 4.85. The summed E-state index contributed by atoms with van der Waals surface area (Å²) in [5.41, 5.74) is 1.04. The van der Waals surface area contributed by atoms with E-state index in [0.29, 0.717) is 10.8 Å². The maximum Gasteiger partial charge on any atom is 0.00772 e. The van der Waals surface area contributed by atoms with Crippen LogP contribution in [0.25, 0.3) is 0 Å². The molecule has 0 aromatic carbocycles. The van der Waals surface area contributed by atoms with Crippen molar-refractivity contribution in [3.8, 4) is 0 Å². The van der Waals surface area contributed by atoms with Gasteiger partial charge in [0.2, 0.25) is 0 Å². The van der Waals surface area contributed by atoms with Gasteiger partial charge in [-0.05, 0) is 43.1 Å². The fourth-order valence-corrected chi connectivity index (χ4v) is 3.67. The van der Waals surface area contributed by atoms with Crippen LogP contribution in [-0.4, -0.2) is 12.6 Å². The molecule has 0 unspecified atom stereocenters. The summed E-state index contributed by atoms with van der Waals surface area (Å²) in [6.45, 7) is 13.2. The largest absolute Gasteiger partial charge is 0.314 e. The minimum atomic E-state index is 0.518. The topological polar surface area (TPSA) is 12.0 Å². The number of rotatable bonds is 5. The van der Waals surface area contributed by atoms with Crippen LogP contribution in [0.1, 0.15) is 73.1 Å². The molecule has 0 aromatic heterocycles. The monoisotopic (exact) mass is 225 g/mol. The first-order valence-corrected chi connectivity index (χ1v) is 7.08. The van der Waals surface area contributed by atoms with E-state index in [0.717, 1.165) is 6.04 Å². The molecule has 0 atom stereocenters. The summed E-state index contributed by atoms with van der Waals surface area (Å²) in [6.07, 6.45) is 8.10. The number of hydrogen-bond acceptors (Lipinski definition) is 1. The lowest BCUT2D eigenvalue weighted by atomic mass is 9.63. The predicted molar refractivity (Wildman–Crippen MR) is 72.7 cm³/mol. The van der Waals surface area contributed by atoms with Gasteiger partial charge in [-0.2, -0.15) is 0 Å². The quantitative estimate of drug-likeness (QED) is 0.685. The van der Waals surface area contributed by atoms with Crippen molar-refractivity contribution in [2.45, 2.75) is 79.2 Å². The van der Waals surface area contributed by atoms with E-state index < -0.39 is 0 Å². The summed E-state index contributed by atoms with van der Waals surface area (Å²) >= 11 is 0. The van der Waals surface area contributed by atoms with Gasteiger partial charge < -0.3 is 5.32 Å². The van der Waals surface area contributed by atoms with Crippen molar-refractivity contribution in [3.05, 3.63) is 0 Å². The van der Waals surface area contributed by atoms with Crippen molar-refractivity contribution in [1.82, 2.24) is 5.32 Å². The molecule has 0 bridgehead atoms. The Bertz CT molecular complexity index is 189. The van der Waals surface area contributed by atoms with E-state index in [1.165, 1.54) is 45.1 Å². The predicted octanol–water partition coefficient (Wildman–Crippen LogP) is 4.37. The molecule has 1 aliphatic carbocycles. The minimum absolute atomic E-state index is 0.518. The molecule has 0 aliphatic heterocycles. The van der Waals surface area contributed by atoms with Crippen LogP contribution in [0, 0.1) is 10.8 Å². The second-order valence-electron chi connectivity index (χ2n) is 7.27. The minimum Gasteiger partial charge on any atom is -0.314 e. The van der Waals surface area contributed by atoms with Crippen LogP contribution in [0.15, 0.2) is 0 Å². The second kappa shape index (κ2) is 5.53. The molecule has 1 rings (SSSR count). The summed E-state index contributed by atoms with van der Waals surface area (Å²) in [4.78, 5) is 0. The van der Waals surface area contributed by atoms with E-state index in [1.807, 2.05) is 0 Å². The zero-order valence-electron chi connectivity index (χ0n) is 12.0. The first kappa shape index (κ1) is 14.0. The highest BCUT2D eigenvalue weighted by Gasteiger charge is 2.37. The Balaban J connectivity index is 2.36. The molecule has 16 heavy (non-hydrogen) atoms. The summed E-state index contributed by atoms with van der Waals surface area (Å²) in [6, 6.07) is 0.746. The van der Waals surface area contributed by atoms with Gasteiger partial charge in [-0.15, -0.1) is 0 Å². The second-order valence-corrected chi connectivity index (χ2v) is 7.27. The summed E-state index contributed by atoms with van der Waals surface area (Å²) < 4.78 is 0. The third-order valence-electron chi connectivity index (χ3n) is 3.77. The summed E-state index contributed by atoms with van der Waals surface area (Å²) in [5, 5.41) is 3.77. The molecule has 1 nitrogen and oxygen atoms in total. The Labute approximate surface area is 102 Å². The van der Waals surface area contributed by atoms with Crippen LogP contribution in [0.3, 0.4) is 0 Å². The zero-order chi connectivity index (χ0) is 12.2. The van der Waals surface area contributed by atoms with Gasteiger partial charge in [0.1, 0.15) is 0 Å². The number of unbranched alkanes of at least 4 members (excludes halogenated alkanes) is 2. The van der Waals surface area contributed by atoms with Crippen molar-refractivity contribution in [3.63, 3.8) is 0 Å². The lowest BCUT2D eigenvalue weighted by molar-refractivity contribution is 0.0851. The Morgan fingerprint density at radius 1 is 1.00 bits per heavy atom. The number of nitrogens with one attached hydrogen (secondary N) is 1. The molecule has 0 spiro atoms. The molecule has 1 fully saturated rings. The lowest BCUT2D eigenvalue weighted by Gasteiger charge is -2.45. The molecule has 0 saturated heterocycles. The van der Waals surface area contributed by atoms with Crippen molar-refractivity contribution in [2.24, 2.45) is 10.8 Å². The highest BCUT2D eigenvalue weighted by Crippen LogP contribution is 2.45. The van der Waals surface area contributed by atoms with E-state index in [1.54, 1.807) is 0 Å². The molecule has 0 amide bonds. The van der Waals surface area contributed by atoms with E-state index in [-0.39, 0.29) is 0 Å². The molecule has 0 radical (unpaired) electrons. The molecule has 1 heteroatoms. The average molecular weight is 225 g/mol. The van der Waals surface area contributed by atoms with E-state index in [4.69, 9.17) is 0 Å². The first-order chi connectivity index (χ1) is 7.35. The SMILES string of the molecule is CCCCCNC1CC(C)(C)CC(C)(C)C1. The molecule has 1 N–H and O–H groups in total. The molecule has 0 heterocycles. The van der Waals surface area contributed by atoms with Crippen LogP contribution < -0.4 is 5.32 Å². The molecule has 96 valence electrons. The molecule has 1 saturated carbocycles. The smallest absolute Gasteiger partial charge is 0.00772 e. The molecule has 1 aliphatic rings. The highest BCUT2D eigenvalue weighted by molar-refractivity contribution is 4.92. The van der Waals surface area contributed by atoms with Crippen molar-refractivity contribution in [1.29, 1.82) is 0 Å². The third-order valence-corrected chi connectivity index (χ3v) is 3.77. The Morgan fingerprint density at radius 2 is 1.56 bits per heavy atom. The lowest BCUT2D eigenvalue weighted by Crippen LogP contribution is -2.44. The number of hydrogen-bond donors (Lipinski definition) is 1. The van der Waals surface area contributed by atoms with Crippen LogP contribution in [0.4, 0.5) is 0 Å². The van der Waals surface area contributed by atoms with Crippen molar-refractivity contribution < 1.29 is 0 Å². The van der Waals surface area contributed by atoms with E-state index in [2.05, 4.69) is 39.9 Å². The fraction of sp³-hybridized carbons (Fsp3) is 1.00. The Morgan fingerprint density at radius 3 is 2.06 bits per heavy atom. The van der Waals surface area contributed by atoms with Gasteiger partial charge in [0, 0.05) is 6.04 Å². The maximum absolute atomic E-state index is 3.77. The molecular formula is C15H31N. The standard InChI is InChI=1S/C15H31N/c1-6-7-8-9-16-13-10-14(2,3)12-15(4,5)11-13/h13,16H,6-12H2,1-5H3. The third kappa shape index (κ3) is 4.86. The van der Waals surface area contributed by atoms with Gasteiger partial charge in [-0.1, -0.05) is 47.5 Å². The van der Waals surface area contributed by atoms with Crippen LogP contribution in [0.2, 0.25) is 0 Å². The van der Waals surface area contributed by atoms with Gasteiger partial charge in [-0.3, -0.25) is 0 Å². The first-order valence-electron chi connectivity index (χ1n) is 7.08. The van der Waals surface area contributed by atoms with Crippen LogP contribution in [-0.2, 0) is 0 Å². The Hall–Kier alpha value is -0.0400. The summed E-state index contributed by atoms with van der Waals surface area (Å²) in [5.74, 6) is 0. The van der Waals surface area contributed by atoms with Gasteiger partial charge in [0.15, 0.2) is 0 Å². The fourth-order valence-electron chi connectivity index (χ4n) is 3.67. The van der Waals surface area contributed by atoms with Gasteiger partial charge >= 0.3 is 0 Å². The normalized spacial score (nSPS) is 24.6. The van der Waals surface area contributed by atoms with Gasteiger partial charge in [-0.25, -0.2) is 0 Å². The van der Waals surface area contributed by atoms with Crippen molar-refractivity contribution >= 4 is 0 Å². The van der Waals surface area contributed by atoms with E-state index in [9.17, 15) is 0 Å². The highest BCUT2D eigenvalue weighted by atomic mass is 14.9. The van der Waals surface area contributed by atoms with Gasteiger partial charge in [0.05, 0.1) is 0 Å². The van der Waals surface area contributed by atoms with E-state index >= 15 is 0 Å². The average Bonchev–Trinajstić information content (AvgIpc) is 2.07. The molecular weight excluding hydrogens is 194 g/mol. The molecule has 0 aromatic rings.